The van der Waals surface area contributed by atoms with Crippen molar-refractivity contribution in [2.45, 2.75) is 90.6 Å². The van der Waals surface area contributed by atoms with Crippen molar-refractivity contribution in [1.82, 2.24) is 5.32 Å². The lowest BCUT2D eigenvalue weighted by Crippen LogP contribution is -2.39. The number of hydrogen-bond donors (Lipinski definition) is 1. The van der Waals surface area contributed by atoms with Gasteiger partial charge in [-0.3, -0.25) is 10.1 Å². The van der Waals surface area contributed by atoms with Gasteiger partial charge in [0.05, 0.1) is 6.61 Å². The van der Waals surface area contributed by atoms with Crippen LogP contribution in [0.3, 0.4) is 0 Å². The van der Waals surface area contributed by atoms with Crippen LogP contribution in [0.5, 0.6) is 0 Å². The molecule has 142 valence electrons. The minimum atomic E-state index is -0.213. The first kappa shape index (κ1) is 21.7. The molecule has 0 saturated carbocycles. The van der Waals surface area contributed by atoms with Gasteiger partial charge in [-0.1, -0.05) is 88.6 Å². The topological polar surface area (TPSA) is 38.3 Å². The third-order valence-corrected chi connectivity index (χ3v) is 4.67. The molecule has 0 aliphatic heterocycles. The molecule has 2 atom stereocenters. The van der Waals surface area contributed by atoms with E-state index >= 15 is 0 Å². The Labute approximate surface area is 154 Å². The van der Waals surface area contributed by atoms with Crippen molar-refractivity contribution in [2.24, 2.45) is 0 Å². The molecule has 3 nitrogen and oxygen atoms in total. The Kier molecular flexibility index (Phi) is 12.0. The quantitative estimate of drug-likeness (QED) is 0.341. The summed E-state index contributed by atoms with van der Waals surface area (Å²) in [7, 11) is 0. The fourth-order valence-electron chi connectivity index (χ4n) is 3.13. The largest absolute Gasteiger partial charge is 0.465 e. The number of rotatable bonds is 14. The highest BCUT2D eigenvalue weighted by molar-refractivity contribution is 5.75. The molecule has 1 aromatic carbocycles. The summed E-state index contributed by atoms with van der Waals surface area (Å²) in [4.78, 5) is 12.3. The van der Waals surface area contributed by atoms with E-state index in [1.807, 2.05) is 25.1 Å². The van der Waals surface area contributed by atoms with Crippen LogP contribution < -0.4 is 5.32 Å². The van der Waals surface area contributed by atoms with E-state index in [1.165, 1.54) is 50.5 Å². The Morgan fingerprint density at radius 2 is 1.56 bits per heavy atom. The number of benzene rings is 1. The van der Waals surface area contributed by atoms with Gasteiger partial charge in [0.15, 0.2) is 0 Å². The van der Waals surface area contributed by atoms with E-state index in [2.05, 4.69) is 31.3 Å². The molecule has 0 aliphatic rings. The summed E-state index contributed by atoms with van der Waals surface area (Å²) in [5.41, 5.74) is 1.20. The first-order chi connectivity index (χ1) is 12.2. The highest BCUT2D eigenvalue weighted by Gasteiger charge is 2.21. The zero-order valence-corrected chi connectivity index (χ0v) is 16.4. The normalized spacial score (nSPS) is 13.4. The van der Waals surface area contributed by atoms with Gasteiger partial charge in [0, 0.05) is 6.04 Å². The fourth-order valence-corrected chi connectivity index (χ4v) is 3.13. The first-order valence-electron chi connectivity index (χ1n) is 10.2. The monoisotopic (exact) mass is 347 g/mol. The Morgan fingerprint density at radius 3 is 2.16 bits per heavy atom. The average Bonchev–Trinajstić information content (AvgIpc) is 2.63. The van der Waals surface area contributed by atoms with Crippen molar-refractivity contribution in [3.05, 3.63) is 35.9 Å². The van der Waals surface area contributed by atoms with Crippen LogP contribution in [0, 0.1) is 0 Å². The number of unbranched alkanes of at least 4 members (excludes halogenated alkanes) is 7. The second-order valence-electron chi connectivity index (χ2n) is 6.87. The molecule has 2 unspecified atom stereocenters. The minimum absolute atomic E-state index is 0.117. The second-order valence-corrected chi connectivity index (χ2v) is 6.87. The van der Waals surface area contributed by atoms with E-state index in [9.17, 15) is 4.79 Å². The van der Waals surface area contributed by atoms with E-state index in [4.69, 9.17) is 4.74 Å². The molecule has 1 aromatic rings. The van der Waals surface area contributed by atoms with E-state index in [0.29, 0.717) is 6.61 Å². The average molecular weight is 348 g/mol. The first-order valence-corrected chi connectivity index (χ1v) is 10.2. The molecule has 0 spiro atoms. The van der Waals surface area contributed by atoms with Crippen molar-refractivity contribution in [3.63, 3.8) is 0 Å². The van der Waals surface area contributed by atoms with Crippen molar-refractivity contribution >= 4 is 5.97 Å². The molecule has 1 N–H and O–H groups in total. The lowest BCUT2D eigenvalue weighted by Gasteiger charge is -2.22. The predicted molar refractivity (Wildman–Crippen MR) is 106 cm³/mol. The Hall–Kier alpha value is -1.35. The number of hydrogen-bond acceptors (Lipinski definition) is 3. The van der Waals surface area contributed by atoms with Crippen LogP contribution in [-0.4, -0.2) is 18.6 Å². The van der Waals surface area contributed by atoms with Crippen LogP contribution in [0.2, 0.25) is 0 Å². The summed E-state index contributed by atoms with van der Waals surface area (Å²) < 4.78 is 5.26. The highest BCUT2D eigenvalue weighted by atomic mass is 16.5. The van der Waals surface area contributed by atoms with E-state index < -0.39 is 0 Å². The Balaban J connectivity index is 2.36. The molecule has 0 heterocycles. The van der Waals surface area contributed by atoms with Gasteiger partial charge in [-0.05, 0) is 25.8 Å². The molecule has 0 fully saturated rings. The maximum atomic E-state index is 12.3. The molecule has 0 radical (unpaired) electrons. The standard InChI is InChI=1S/C22H37NO2/c1-4-6-7-8-9-10-11-15-18-21(22(24)25-5-2)23-19(3)20-16-13-12-14-17-20/h12-14,16-17,19,21,23H,4-11,15,18H2,1-3H3. The van der Waals surface area contributed by atoms with Crippen molar-refractivity contribution in [3.8, 4) is 0 Å². The zero-order chi connectivity index (χ0) is 18.3. The molecule has 0 bridgehead atoms. The molecule has 0 amide bonds. The summed E-state index contributed by atoms with van der Waals surface area (Å²) >= 11 is 0. The second kappa shape index (κ2) is 13.9. The summed E-state index contributed by atoms with van der Waals surface area (Å²) in [6, 6.07) is 10.2. The third-order valence-electron chi connectivity index (χ3n) is 4.67. The van der Waals surface area contributed by atoms with Gasteiger partial charge in [-0.2, -0.15) is 0 Å². The molecule has 0 saturated heterocycles. The molecule has 1 rings (SSSR count). The van der Waals surface area contributed by atoms with E-state index in [1.54, 1.807) is 0 Å². The lowest BCUT2D eigenvalue weighted by atomic mass is 10.0. The van der Waals surface area contributed by atoms with E-state index in [-0.39, 0.29) is 18.1 Å². The lowest BCUT2D eigenvalue weighted by molar-refractivity contribution is -0.146. The van der Waals surface area contributed by atoms with Crippen molar-refractivity contribution < 1.29 is 9.53 Å². The smallest absolute Gasteiger partial charge is 0.323 e. The van der Waals surface area contributed by atoms with Crippen LogP contribution in [0.15, 0.2) is 30.3 Å². The number of ether oxygens (including phenoxy) is 1. The molecule has 25 heavy (non-hydrogen) atoms. The SMILES string of the molecule is CCCCCCCCCCC(NC(C)c1ccccc1)C(=O)OCC. The van der Waals surface area contributed by atoms with Gasteiger partial charge >= 0.3 is 5.97 Å². The number of carbonyl (C=O) groups is 1. The Morgan fingerprint density at radius 1 is 0.960 bits per heavy atom. The van der Waals surface area contributed by atoms with Gasteiger partial charge < -0.3 is 4.74 Å². The van der Waals surface area contributed by atoms with Gasteiger partial charge in [0.25, 0.3) is 0 Å². The maximum absolute atomic E-state index is 12.3. The molecule has 3 heteroatoms. The van der Waals surface area contributed by atoms with Crippen LogP contribution >= 0.6 is 0 Å². The van der Waals surface area contributed by atoms with Crippen LogP contribution in [0.1, 0.15) is 90.2 Å². The summed E-state index contributed by atoms with van der Waals surface area (Å²) in [6.07, 6.45) is 11.1. The fraction of sp³-hybridized carbons (Fsp3) is 0.682. The van der Waals surface area contributed by atoms with Crippen molar-refractivity contribution in [2.75, 3.05) is 6.61 Å². The summed E-state index contributed by atoms with van der Waals surface area (Å²) in [5.74, 6) is -0.117. The number of nitrogens with one attached hydrogen (secondary N) is 1. The maximum Gasteiger partial charge on any atom is 0.323 e. The Bertz CT molecular complexity index is 447. The predicted octanol–water partition coefficient (Wildman–Crippen LogP) is 5.80. The molecule has 0 aromatic heterocycles. The third kappa shape index (κ3) is 9.64. The van der Waals surface area contributed by atoms with E-state index in [0.717, 1.165) is 12.8 Å². The molecule has 0 aliphatic carbocycles. The summed E-state index contributed by atoms with van der Waals surface area (Å²) in [5, 5.41) is 3.46. The van der Waals surface area contributed by atoms with Crippen LogP contribution in [0.4, 0.5) is 0 Å². The highest BCUT2D eigenvalue weighted by Crippen LogP contribution is 2.16. The molecular weight excluding hydrogens is 310 g/mol. The minimum Gasteiger partial charge on any atom is -0.465 e. The van der Waals surface area contributed by atoms with Gasteiger partial charge in [0.2, 0.25) is 0 Å². The zero-order valence-electron chi connectivity index (χ0n) is 16.4. The molecular formula is C22H37NO2. The van der Waals surface area contributed by atoms with Crippen LogP contribution in [-0.2, 0) is 9.53 Å². The van der Waals surface area contributed by atoms with Crippen molar-refractivity contribution in [1.29, 1.82) is 0 Å². The number of esters is 1. The van der Waals surface area contributed by atoms with Gasteiger partial charge in [0.1, 0.15) is 6.04 Å². The van der Waals surface area contributed by atoms with Gasteiger partial charge in [-0.15, -0.1) is 0 Å². The number of carbonyl (C=O) groups excluding carboxylic acids is 1. The summed E-state index contributed by atoms with van der Waals surface area (Å²) in [6.45, 7) is 6.66. The van der Waals surface area contributed by atoms with Gasteiger partial charge in [-0.25, -0.2) is 0 Å². The van der Waals surface area contributed by atoms with Crippen LogP contribution in [0.25, 0.3) is 0 Å².